The molecule has 1 aliphatic rings. The third kappa shape index (κ3) is 2.34. The van der Waals surface area contributed by atoms with Crippen LogP contribution in [0, 0.1) is 6.92 Å². The van der Waals surface area contributed by atoms with E-state index in [4.69, 9.17) is 0 Å². The molecule has 0 bridgehead atoms. The van der Waals surface area contributed by atoms with Crippen LogP contribution in [0.3, 0.4) is 0 Å². The lowest BCUT2D eigenvalue weighted by atomic mass is 10.1. The summed E-state index contributed by atoms with van der Waals surface area (Å²) in [6.45, 7) is 1.85. The molecule has 1 unspecified atom stereocenters. The Morgan fingerprint density at radius 3 is 2.90 bits per heavy atom. The maximum atomic E-state index is 11.8. The third-order valence-corrected chi connectivity index (χ3v) is 4.84. The molecule has 6 nitrogen and oxygen atoms in total. The largest absolute Gasteiger partial charge is 0.324 e. The van der Waals surface area contributed by atoms with Gasteiger partial charge in [0.15, 0.2) is 0 Å². The average molecular weight is 354 g/mol. The summed E-state index contributed by atoms with van der Waals surface area (Å²) in [5.41, 5.74) is 1.77. The smallest absolute Gasteiger partial charge is 0.246 e. The van der Waals surface area contributed by atoms with Crippen molar-refractivity contribution in [1.82, 2.24) is 20.5 Å². The van der Waals surface area contributed by atoms with E-state index in [1.54, 1.807) is 7.05 Å². The van der Waals surface area contributed by atoms with E-state index in [1.165, 1.54) is 11.8 Å². The molecule has 0 saturated carbocycles. The van der Waals surface area contributed by atoms with Gasteiger partial charge in [-0.25, -0.2) is 4.98 Å². The van der Waals surface area contributed by atoms with Gasteiger partial charge in [-0.2, -0.15) is 0 Å². The van der Waals surface area contributed by atoms with Crippen LogP contribution in [0.2, 0.25) is 0 Å². The molecule has 2 heterocycles. The van der Waals surface area contributed by atoms with Crippen LogP contribution in [0.25, 0.3) is 0 Å². The number of H-pyrrole nitrogens is 1. The highest BCUT2D eigenvalue weighted by atomic mass is 79.9. The SMILES string of the molecule is CNC1C(=O)Nc2cc(Sc3n[nH]c(C)n3)c(Br)cc21. The molecule has 104 valence electrons. The lowest BCUT2D eigenvalue weighted by molar-refractivity contribution is -0.117. The first-order valence-electron chi connectivity index (χ1n) is 5.97. The molecule has 0 saturated heterocycles. The predicted molar refractivity (Wildman–Crippen MR) is 79.8 cm³/mol. The normalized spacial score (nSPS) is 17.1. The molecule has 20 heavy (non-hydrogen) atoms. The van der Waals surface area contributed by atoms with E-state index in [-0.39, 0.29) is 11.9 Å². The highest BCUT2D eigenvalue weighted by Gasteiger charge is 2.30. The van der Waals surface area contributed by atoms with Crippen LogP contribution in [0.5, 0.6) is 0 Å². The standard InChI is InChI=1S/C12H12BrN5OS/c1-5-15-12(18-17-5)20-9-4-8-6(3-7(9)13)10(14-2)11(19)16-8/h3-4,10,14H,1-2H3,(H,16,19)(H,15,17,18). The summed E-state index contributed by atoms with van der Waals surface area (Å²) >= 11 is 4.98. The van der Waals surface area contributed by atoms with Crippen molar-refractivity contribution in [1.29, 1.82) is 0 Å². The second kappa shape index (κ2) is 5.19. The molecule has 1 atom stereocenters. The third-order valence-electron chi connectivity index (χ3n) is 3.00. The molecule has 1 aromatic heterocycles. The minimum Gasteiger partial charge on any atom is -0.324 e. The molecular formula is C12H12BrN5OS. The predicted octanol–water partition coefficient (Wildman–Crippen LogP) is 2.24. The van der Waals surface area contributed by atoms with E-state index in [9.17, 15) is 4.79 Å². The number of aromatic amines is 1. The van der Waals surface area contributed by atoms with E-state index in [0.29, 0.717) is 5.16 Å². The number of nitrogens with one attached hydrogen (secondary N) is 3. The molecule has 1 aromatic carbocycles. The zero-order valence-electron chi connectivity index (χ0n) is 10.8. The fourth-order valence-corrected chi connectivity index (χ4v) is 3.50. The van der Waals surface area contributed by atoms with Crippen molar-refractivity contribution in [2.24, 2.45) is 0 Å². The molecule has 1 amide bonds. The number of aryl methyl sites for hydroxylation is 1. The van der Waals surface area contributed by atoms with Crippen molar-refractivity contribution in [3.63, 3.8) is 0 Å². The Morgan fingerprint density at radius 1 is 1.45 bits per heavy atom. The fourth-order valence-electron chi connectivity index (χ4n) is 2.09. The number of aromatic nitrogens is 3. The van der Waals surface area contributed by atoms with E-state index >= 15 is 0 Å². The summed E-state index contributed by atoms with van der Waals surface area (Å²) in [6, 6.07) is 3.59. The van der Waals surface area contributed by atoms with E-state index < -0.39 is 0 Å². The molecule has 2 aromatic rings. The highest BCUT2D eigenvalue weighted by Crippen LogP contribution is 2.40. The number of fused-ring (bicyclic) bond motifs is 1. The molecule has 8 heteroatoms. The first-order valence-corrected chi connectivity index (χ1v) is 7.58. The van der Waals surface area contributed by atoms with Gasteiger partial charge in [0.25, 0.3) is 0 Å². The fraction of sp³-hybridized carbons (Fsp3) is 0.250. The molecule has 3 rings (SSSR count). The Balaban J connectivity index is 1.95. The summed E-state index contributed by atoms with van der Waals surface area (Å²) in [7, 11) is 1.77. The van der Waals surface area contributed by atoms with Gasteiger partial charge in [-0.3, -0.25) is 9.89 Å². The number of anilines is 1. The molecule has 0 radical (unpaired) electrons. The minimum atomic E-state index is -0.300. The van der Waals surface area contributed by atoms with Crippen LogP contribution in [0.15, 0.2) is 26.7 Å². The van der Waals surface area contributed by atoms with Crippen LogP contribution in [0.1, 0.15) is 17.4 Å². The molecule has 0 fully saturated rings. The summed E-state index contributed by atoms with van der Waals surface area (Å²) in [4.78, 5) is 17.0. The molecule has 0 spiro atoms. The summed E-state index contributed by atoms with van der Waals surface area (Å²) < 4.78 is 0.917. The van der Waals surface area contributed by atoms with Gasteiger partial charge >= 0.3 is 0 Å². The van der Waals surface area contributed by atoms with Crippen molar-refractivity contribution >= 4 is 39.3 Å². The second-order valence-corrected chi connectivity index (χ2v) is 6.25. The Labute approximate surface area is 128 Å². The Hall–Kier alpha value is -1.38. The average Bonchev–Trinajstić information content (AvgIpc) is 2.93. The van der Waals surface area contributed by atoms with Crippen molar-refractivity contribution in [2.45, 2.75) is 23.0 Å². The monoisotopic (exact) mass is 353 g/mol. The van der Waals surface area contributed by atoms with Crippen molar-refractivity contribution in [2.75, 3.05) is 12.4 Å². The minimum absolute atomic E-state index is 0.0368. The Kier molecular flexibility index (Phi) is 3.53. The molecule has 3 N–H and O–H groups in total. The Morgan fingerprint density at radius 2 is 2.25 bits per heavy atom. The number of nitrogens with zero attached hydrogens (tertiary/aromatic N) is 2. The van der Waals surface area contributed by atoms with Crippen molar-refractivity contribution in [3.8, 4) is 0 Å². The van der Waals surface area contributed by atoms with Crippen LogP contribution >= 0.6 is 27.7 Å². The zero-order chi connectivity index (χ0) is 14.3. The topological polar surface area (TPSA) is 82.7 Å². The first kappa shape index (κ1) is 13.6. The number of rotatable bonds is 3. The van der Waals surface area contributed by atoms with Crippen molar-refractivity contribution < 1.29 is 4.79 Å². The van der Waals surface area contributed by atoms with Crippen LogP contribution in [-0.2, 0) is 4.79 Å². The van der Waals surface area contributed by atoms with Crippen LogP contribution in [0.4, 0.5) is 5.69 Å². The van der Waals surface area contributed by atoms with E-state index in [0.717, 1.165) is 26.4 Å². The van der Waals surface area contributed by atoms with Gasteiger partial charge in [-0.15, -0.1) is 5.10 Å². The maximum Gasteiger partial charge on any atom is 0.246 e. The number of carbonyl (C=O) groups excluding carboxylic acids is 1. The molecular weight excluding hydrogens is 342 g/mol. The second-order valence-electron chi connectivity index (χ2n) is 4.39. The van der Waals surface area contributed by atoms with Gasteiger partial charge < -0.3 is 10.6 Å². The maximum absolute atomic E-state index is 11.8. The number of likely N-dealkylation sites (N-methyl/N-ethyl adjacent to an activating group) is 1. The van der Waals surface area contributed by atoms with E-state index in [2.05, 4.69) is 41.7 Å². The summed E-state index contributed by atoms with van der Waals surface area (Å²) in [5.74, 6) is 0.735. The van der Waals surface area contributed by atoms with Crippen LogP contribution < -0.4 is 10.6 Å². The van der Waals surface area contributed by atoms with Crippen LogP contribution in [-0.4, -0.2) is 28.1 Å². The van der Waals surface area contributed by atoms with E-state index in [1.807, 2.05) is 19.1 Å². The number of hydrogen-bond acceptors (Lipinski definition) is 5. The Bertz CT molecular complexity index is 686. The lowest BCUT2D eigenvalue weighted by Gasteiger charge is -2.09. The number of halogens is 1. The lowest BCUT2D eigenvalue weighted by Crippen LogP contribution is -2.23. The molecule has 0 aliphatic carbocycles. The van der Waals surface area contributed by atoms with Gasteiger partial charge in [-0.05, 0) is 53.8 Å². The van der Waals surface area contributed by atoms with Gasteiger partial charge in [0.05, 0.1) is 0 Å². The first-order chi connectivity index (χ1) is 9.58. The van der Waals surface area contributed by atoms with Crippen molar-refractivity contribution in [3.05, 3.63) is 28.0 Å². The zero-order valence-corrected chi connectivity index (χ0v) is 13.2. The summed E-state index contributed by atoms with van der Waals surface area (Å²) in [6.07, 6.45) is 0. The van der Waals surface area contributed by atoms with Gasteiger partial charge in [-0.1, -0.05) is 0 Å². The number of hydrogen-bond donors (Lipinski definition) is 3. The van der Waals surface area contributed by atoms with Gasteiger partial charge in [0.2, 0.25) is 11.1 Å². The molecule has 1 aliphatic heterocycles. The van der Waals surface area contributed by atoms with Gasteiger partial charge in [0.1, 0.15) is 11.9 Å². The summed E-state index contributed by atoms with van der Waals surface area (Å²) in [5, 5.41) is 13.4. The number of carbonyl (C=O) groups is 1. The highest BCUT2D eigenvalue weighted by molar-refractivity contribution is 9.10. The number of amides is 1. The quantitative estimate of drug-likeness (QED) is 0.788. The number of benzene rings is 1. The van der Waals surface area contributed by atoms with Gasteiger partial charge in [0, 0.05) is 20.6 Å².